The molecule has 0 atom stereocenters. The number of aromatic amines is 2. The number of allylic oxidation sites excluding steroid dienone is 4. The summed E-state index contributed by atoms with van der Waals surface area (Å²) < 4.78 is 0. The molecule has 3 N–H and O–H groups in total. The SMILES string of the molecule is C1=CC=CNC=C1.C1=Cc2cc3nnc(nc4nc(cc5ccc(cc1n2)[nH]5)C=N4)[nH]3.[Zn]. The van der Waals surface area contributed by atoms with Gasteiger partial charge in [-0.05, 0) is 48.6 Å². The van der Waals surface area contributed by atoms with Gasteiger partial charge in [-0.25, -0.2) is 15.0 Å². The van der Waals surface area contributed by atoms with Crippen molar-refractivity contribution in [1.29, 1.82) is 0 Å². The van der Waals surface area contributed by atoms with E-state index >= 15 is 0 Å². The second-order valence-electron chi connectivity index (χ2n) is 6.61. The van der Waals surface area contributed by atoms with Crippen molar-refractivity contribution in [2.45, 2.75) is 0 Å². The zero-order chi connectivity index (χ0) is 20.9. The smallest absolute Gasteiger partial charge is 0.253 e. The Morgan fingerprint density at radius 3 is 2.16 bits per heavy atom. The number of nitrogens with one attached hydrogen (secondary N) is 3. The number of aliphatic imine (C=N–C) groups is 1. The Kier molecular flexibility index (Phi) is 6.53. The van der Waals surface area contributed by atoms with Crippen molar-refractivity contribution in [2.24, 2.45) is 4.99 Å². The number of aromatic nitrogens is 7. The van der Waals surface area contributed by atoms with Crippen LogP contribution in [0.25, 0.3) is 34.6 Å². The summed E-state index contributed by atoms with van der Waals surface area (Å²) in [5.41, 5.74) is 4.84. The van der Waals surface area contributed by atoms with Crippen molar-refractivity contribution >= 4 is 46.8 Å². The first-order valence-electron chi connectivity index (χ1n) is 9.56. The summed E-state index contributed by atoms with van der Waals surface area (Å²) in [5.74, 6) is 0.689. The second kappa shape index (κ2) is 9.85. The molecule has 0 fully saturated rings. The van der Waals surface area contributed by atoms with Crippen LogP contribution in [0.2, 0.25) is 0 Å². The van der Waals surface area contributed by atoms with E-state index in [-0.39, 0.29) is 19.5 Å². The molecule has 10 heteroatoms. The molecule has 3 aliphatic rings. The molecular weight excluding hydrogens is 456 g/mol. The van der Waals surface area contributed by atoms with E-state index < -0.39 is 0 Å². The molecule has 3 aliphatic heterocycles. The number of fused-ring (bicyclic) bond motifs is 8. The maximum absolute atomic E-state index is 4.53. The fourth-order valence-electron chi connectivity index (χ4n) is 2.91. The Bertz CT molecular complexity index is 1240. The predicted molar refractivity (Wildman–Crippen MR) is 121 cm³/mol. The van der Waals surface area contributed by atoms with Crippen molar-refractivity contribution in [3.63, 3.8) is 0 Å². The first-order valence-corrected chi connectivity index (χ1v) is 9.56. The molecule has 3 aromatic heterocycles. The van der Waals surface area contributed by atoms with E-state index in [2.05, 4.69) is 45.4 Å². The first kappa shape index (κ1) is 21.2. The van der Waals surface area contributed by atoms with Crippen LogP contribution in [0.3, 0.4) is 0 Å². The zero-order valence-corrected chi connectivity index (χ0v) is 19.9. The summed E-state index contributed by atoms with van der Waals surface area (Å²) in [7, 11) is 0. The molecule has 32 heavy (non-hydrogen) atoms. The minimum absolute atomic E-state index is 0. The molecule has 0 spiro atoms. The van der Waals surface area contributed by atoms with Crippen LogP contribution in [-0.2, 0) is 19.5 Å². The molecule has 152 valence electrons. The van der Waals surface area contributed by atoms with Crippen molar-refractivity contribution in [2.75, 3.05) is 0 Å². The Labute approximate surface area is 195 Å². The van der Waals surface area contributed by atoms with Gasteiger partial charge in [0.15, 0.2) is 5.65 Å². The molecule has 0 aliphatic carbocycles. The molecule has 0 aromatic carbocycles. The largest absolute Gasteiger partial charge is 0.368 e. The number of H-pyrrole nitrogens is 2. The summed E-state index contributed by atoms with van der Waals surface area (Å²) in [6, 6.07) is 9.66. The van der Waals surface area contributed by atoms with Gasteiger partial charge < -0.3 is 15.3 Å². The molecule has 3 aromatic rings. The molecule has 9 nitrogen and oxygen atoms in total. The molecular formula is C22H17N9Zn. The third kappa shape index (κ3) is 5.36. The average molecular weight is 473 g/mol. The molecule has 0 saturated carbocycles. The second-order valence-corrected chi connectivity index (χ2v) is 6.61. The van der Waals surface area contributed by atoms with E-state index in [1.54, 1.807) is 12.3 Å². The predicted octanol–water partition coefficient (Wildman–Crippen LogP) is 3.59. The van der Waals surface area contributed by atoms with Crippen molar-refractivity contribution in [3.8, 4) is 0 Å². The normalized spacial score (nSPS) is 13.0. The number of hydrogen-bond donors (Lipinski definition) is 3. The van der Waals surface area contributed by atoms with Gasteiger partial charge in [0.25, 0.3) is 11.7 Å². The van der Waals surface area contributed by atoms with Gasteiger partial charge in [-0.15, -0.1) is 10.2 Å². The van der Waals surface area contributed by atoms with Gasteiger partial charge in [0.2, 0.25) is 0 Å². The number of rotatable bonds is 0. The third-order valence-electron chi connectivity index (χ3n) is 4.26. The Morgan fingerprint density at radius 1 is 0.656 bits per heavy atom. The maximum atomic E-state index is 4.53. The molecule has 8 bridgehead atoms. The molecule has 0 amide bonds. The fourth-order valence-corrected chi connectivity index (χ4v) is 2.91. The van der Waals surface area contributed by atoms with Crippen molar-refractivity contribution < 1.29 is 19.5 Å². The minimum Gasteiger partial charge on any atom is -0.368 e. The summed E-state index contributed by atoms with van der Waals surface area (Å²) in [6.07, 6.45) is 17.1. The van der Waals surface area contributed by atoms with Gasteiger partial charge in [0.05, 0.1) is 23.3 Å². The Balaban J connectivity index is 0.000000265. The topological polar surface area (TPSA) is 120 Å². The van der Waals surface area contributed by atoms with Crippen LogP contribution in [-0.4, -0.2) is 41.3 Å². The van der Waals surface area contributed by atoms with Crippen LogP contribution in [0.15, 0.2) is 72.0 Å². The summed E-state index contributed by atoms with van der Waals surface area (Å²) in [4.78, 5) is 23.6. The molecule has 0 saturated heterocycles. The van der Waals surface area contributed by atoms with Gasteiger partial charge in [-0.1, -0.05) is 12.2 Å². The molecule has 0 radical (unpaired) electrons. The van der Waals surface area contributed by atoms with E-state index in [0.29, 0.717) is 23.1 Å². The molecule has 0 unspecified atom stereocenters. The molecule has 6 heterocycles. The van der Waals surface area contributed by atoms with Crippen LogP contribution in [0.1, 0.15) is 17.1 Å². The first-order chi connectivity index (χ1) is 15.3. The van der Waals surface area contributed by atoms with Gasteiger partial charge >= 0.3 is 0 Å². The van der Waals surface area contributed by atoms with E-state index in [1.807, 2.05) is 73.1 Å². The van der Waals surface area contributed by atoms with Crippen molar-refractivity contribution in [3.05, 3.63) is 84.1 Å². The summed E-state index contributed by atoms with van der Waals surface area (Å²) >= 11 is 0. The van der Waals surface area contributed by atoms with E-state index in [4.69, 9.17) is 0 Å². The average Bonchev–Trinajstić information content (AvgIpc) is 3.53. The van der Waals surface area contributed by atoms with Gasteiger partial charge in [0, 0.05) is 49.0 Å². The van der Waals surface area contributed by atoms with E-state index in [1.165, 1.54) is 0 Å². The summed E-state index contributed by atoms with van der Waals surface area (Å²) in [5, 5.41) is 10.9. The standard InChI is InChI=1S/C16H10N8.C6H7N.Zn/c1-2-11-6-13-8-17-15(20-13)22-16-21-14(23-24-16)7-12-4-3-10(19-12)5-9(1)18-11;1-2-4-6-7-5-3-1;/h1-8,18H,(H,17,20,21,22,23,24);1-7H;. The van der Waals surface area contributed by atoms with E-state index in [0.717, 1.165) is 22.4 Å². The van der Waals surface area contributed by atoms with Crippen LogP contribution in [0.4, 0.5) is 5.95 Å². The van der Waals surface area contributed by atoms with Gasteiger partial charge in [-0.3, -0.25) is 0 Å². The van der Waals surface area contributed by atoms with Crippen LogP contribution >= 0.6 is 0 Å². The maximum Gasteiger partial charge on any atom is 0.253 e. The Morgan fingerprint density at radius 2 is 1.38 bits per heavy atom. The quantitative estimate of drug-likeness (QED) is 0.296. The number of nitrogens with zero attached hydrogens (tertiary/aromatic N) is 6. The van der Waals surface area contributed by atoms with Gasteiger partial charge in [-0.2, -0.15) is 4.98 Å². The van der Waals surface area contributed by atoms with Crippen LogP contribution in [0, 0.1) is 0 Å². The van der Waals surface area contributed by atoms with Crippen LogP contribution < -0.4 is 5.32 Å². The fraction of sp³-hybridized carbons (Fsp3) is 0. The number of hydrogen-bond acceptors (Lipinski definition) is 7. The Hall–Kier alpha value is -4.04. The monoisotopic (exact) mass is 471 g/mol. The van der Waals surface area contributed by atoms with Crippen molar-refractivity contribution in [1.82, 2.24) is 40.4 Å². The third-order valence-corrected chi connectivity index (χ3v) is 4.26. The zero-order valence-electron chi connectivity index (χ0n) is 17.0. The van der Waals surface area contributed by atoms with E-state index in [9.17, 15) is 0 Å². The molecule has 6 rings (SSSR count). The summed E-state index contributed by atoms with van der Waals surface area (Å²) in [6.45, 7) is 0. The van der Waals surface area contributed by atoms with Crippen LogP contribution in [0.5, 0.6) is 0 Å². The van der Waals surface area contributed by atoms with Gasteiger partial charge in [0.1, 0.15) is 0 Å². The minimum atomic E-state index is 0.